The van der Waals surface area contributed by atoms with Crippen molar-refractivity contribution in [3.05, 3.63) is 56.9 Å². The van der Waals surface area contributed by atoms with Gasteiger partial charge in [-0.2, -0.15) is 0 Å². The number of anilines is 2. The Bertz CT molecular complexity index is 824. The Morgan fingerprint density at radius 3 is 2.69 bits per heavy atom. The van der Waals surface area contributed by atoms with Gasteiger partial charge in [-0.1, -0.05) is 0 Å². The van der Waals surface area contributed by atoms with Gasteiger partial charge in [0.2, 0.25) is 0 Å². The summed E-state index contributed by atoms with van der Waals surface area (Å²) in [7, 11) is 0. The number of aliphatic hydroxyl groups is 1. The largest absolute Gasteiger partial charge is 0.387 e. The summed E-state index contributed by atoms with van der Waals surface area (Å²) in [6.07, 6.45) is 2.28. The lowest BCUT2D eigenvalue weighted by molar-refractivity contribution is -0.113. The van der Waals surface area contributed by atoms with Gasteiger partial charge < -0.3 is 10.4 Å². The Kier molecular flexibility index (Phi) is 5.79. The number of aryl methyl sites for hydroxylation is 1. The topological polar surface area (TPSA) is 70.6 Å². The number of hydroxylamine groups is 1. The first-order chi connectivity index (χ1) is 12.4. The maximum absolute atomic E-state index is 13.7. The van der Waals surface area contributed by atoms with E-state index >= 15 is 0 Å². The molecule has 0 aromatic heterocycles. The Morgan fingerprint density at radius 1 is 1.27 bits per heavy atom. The molecule has 0 aliphatic heterocycles. The van der Waals surface area contributed by atoms with Gasteiger partial charge in [0.05, 0.1) is 16.9 Å². The molecule has 26 heavy (non-hydrogen) atoms. The SMILES string of the molecule is Cc1cc(I)ccc1Nc1cc(F)ccc1C(=O)NOCC1(O)CCC1. The van der Waals surface area contributed by atoms with Crippen molar-refractivity contribution in [2.24, 2.45) is 0 Å². The summed E-state index contributed by atoms with van der Waals surface area (Å²) in [5, 5.41) is 13.1. The normalized spacial score (nSPS) is 15.2. The van der Waals surface area contributed by atoms with Crippen LogP contribution in [-0.2, 0) is 4.84 Å². The van der Waals surface area contributed by atoms with Gasteiger partial charge in [0.15, 0.2) is 0 Å². The van der Waals surface area contributed by atoms with Crippen LogP contribution in [0.3, 0.4) is 0 Å². The van der Waals surface area contributed by atoms with Crippen molar-refractivity contribution in [2.75, 3.05) is 11.9 Å². The van der Waals surface area contributed by atoms with Gasteiger partial charge >= 0.3 is 0 Å². The number of rotatable bonds is 6. The average Bonchev–Trinajstić information content (AvgIpc) is 2.56. The molecule has 0 heterocycles. The molecule has 0 radical (unpaired) electrons. The Labute approximate surface area is 165 Å². The van der Waals surface area contributed by atoms with Crippen LogP contribution >= 0.6 is 22.6 Å². The fourth-order valence-corrected chi connectivity index (χ4v) is 3.40. The third-order valence-corrected chi connectivity index (χ3v) is 5.14. The van der Waals surface area contributed by atoms with Crippen molar-refractivity contribution in [1.82, 2.24) is 5.48 Å². The summed E-state index contributed by atoms with van der Waals surface area (Å²) in [5.74, 6) is -0.949. The first-order valence-electron chi connectivity index (χ1n) is 8.34. The molecule has 5 nitrogen and oxygen atoms in total. The van der Waals surface area contributed by atoms with E-state index in [0.29, 0.717) is 18.5 Å². The summed E-state index contributed by atoms with van der Waals surface area (Å²) in [6, 6.07) is 9.69. The fourth-order valence-electron chi connectivity index (χ4n) is 2.75. The minimum absolute atomic E-state index is 0.0406. The number of hydrogen-bond donors (Lipinski definition) is 3. The number of nitrogens with one attached hydrogen (secondary N) is 2. The van der Waals surface area contributed by atoms with Gasteiger partial charge in [-0.3, -0.25) is 9.63 Å². The van der Waals surface area contributed by atoms with Crippen LogP contribution in [0.4, 0.5) is 15.8 Å². The summed E-state index contributed by atoms with van der Waals surface area (Å²) in [5.41, 5.74) is 3.85. The quantitative estimate of drug-likeness (QED) is 0.440. The molecule has 138 valence electrons. The van der Waals surface area contributed by atoms with Crippen LogP contribution in [0.25, 0.3) is 0 Å². The van der Waals surface area contributed by atoms with Gasteiger partial charge in [-0.05, 0) is 90.7 Å². The van der Waals surface area contributed by atoms with Crippen LogP contribution in [0, 0.1) is 16.3 Å². The highest BCUT2D eigenvalue weighted by Gasteiger charge is 2.35. The lowest BCUT2D eigenvalue weighted by Gasteiger charge is -2.35. The summed E-state index contributed by atoms with van der Waals surface area (Å²) >= 11 is 2.22. The van der Waals surface area contributed by atoms with E-state index in [4.69, 9.17) is 4.84 Å². The van der Waals surface area contributed by atoms with Crippen LogP contribution < -0.4 is 10.8 Å². The highest BCUT2D eigenvalue weighted by atomic mass is 127. The second kappa shape index (κ2) is 7.89. The number of amides is 1. The maximum Gasteiger partial charge on any atom is 0.276 e. The van der Waals surface area contributed by atoms with Gasteiger partial charge in [0.1, 0.15) is 12.4 Å². The molecule has 3 N–H and O–H groups in total. The number of hydrogen-bond acceptors (Lipinski definition) is 4. The number of carbonyl (C=O) groups is 1. The van der Waals surface area contributed by atoms with E-state index < -0.39 is 17.3 Å². The molecule has 3 rings (SSSR count). The van der Waals surface area contributed by atoms with E-state index in [1.165, 1.54) is 18.2 Å². The molecule has 1 aliphatic carbocycles. The van der Waals surface area contributed by atoms with Crippen molar-refractivity contribution < 1.29 is 19.1 Å². The highest BCUT2D eigenvalue weighted by molar-refractivity contribution is 14.1. The zero-order chi connectivity index (χ0) is 18.7. The molecule has 0 bridgehead atoms. The molecule has 7 heteroatoms. The third kappa shape index (κ3) is 4.52. The third-order valence-electron chi connectivity index (χ3n) is 4.47. The smallest absolute Gasteiger partial charge is 0.276 e. The van der Waals surface area contributed by atoms with Crippen molar-refractivity contribution in [2.45, 2.75) is 31.8 Å². The minimum Gasteiger partial charge on any atom is -0.387 e. The number of carbonyl (C=O) groups excluding carboxylic acids is 1. The predicted octanol–water partition coefficient (Wildman–Crippen LogP) is 4.06. The molecule has 0 spiro atoms. The van der Waals surface area contributed by atoms with Crippen molar-refractivity contribution >= 4 is 39.9 Å². The Balaban J connectivity index is 1.73. The molecule has 2 aromatic carbocycles. The Morgan fingerprint density at radius 2 is 2.04 bits per heavy atom. The van der Waals surface area contributed by atoms with E-state index in [2.05, 4.69) is 33.4 Å². The summed E-state index contributed by atoms with van der Waals surface area (Å²) in [4.78, 5) is 17.6. The molecule has 1 amide bonds. The first kappa shape index (κ1) is 19.1. The standard InChI is InChI=1S/C19H20FIN2O3/c1-12-9-14(21)4-6-16(12)22-17-10-13(20)3-5-15(17)18(24)23-26-11-19(25)7-2-8-19/h3-6,9-10,22,25H,2,7-8,11H2,1H3,(H,23,24). The number of benzene rings is 2. The van der Waals surface area contributed by atoms with Gasteiger partial charge in [-0.25, -0.2) is 9.87 Å². The van der Waals surface area contributed by atoms with Crippen LogP contribution in [0.2, 0.25) is 0 Å². The monoisotopic (exact) mass is 470 g/mol. The molecule has 2 aromatic rings. The van der Waals surface area contributed by atoms with Crippen LogP contribution in [-0.4, -0.2) is 23.2 Å². The van der Waals surface area contributed by atoms with Crippen molar-refractivity contribution in [3.63, 3.8) is 0 Å². The van der Waals surface area contributed by atoms with Crippen molar-refractivity contribution in [3.8, 4) is 0 Å². The van der Waals surface area contributed by atoms with E-state index in [9.17, 15) is 14.3 Å². The number of halogens is 2. The predicted molar refractivity (Wildman–Crippen MR) is 106 cm³/mol. The molecular formula is C19H20FIN2O3. The Hall–Kier alpha value is -1.71. The molecule has 1 aliphatic rings. The second-order valence-corrected chi connectivity index (χ2v) is 7.82. The van der Waals surface area contributed by atoms with E-state index in [-0.39, 0.29) is 12.2 Å². The second-order valence-electron chi connectivity index (χ2n) is 6.57. The van der Waals surface area contributed by atoms with Crippen LogP contribution in [0.5, 0.6) is 0 Å². The fraction of sp³-hybridized carbons (Fsp3) is 0.316. The van der Waals surface area contributed by atoms with Crippen LogP contribution in [0.15, 0.2) is 36.4 Å². The molecule has 0 saturated heterocycles. The van der Waals surface area contributed by atoms with Gasteiger partial charge in [0.25, 0.3) is 5.91 Å². The van der Waals surface area contributed by atoms with Gasteiger partial charge in [-0.15, -0.1) is 0 Å². The lowest BCUT2D eigenvalue weighted by atomic mass is 9.81. The van der Waals surface area contributed by atoms with Crippen LogP contribution in [0.1, 0.15) is 35.2 Å². The molecule has 1 fully saturated rings. The zero-order valence-electron chi connectivity index (χ0n) is 14.3. The van der Waals surface area contributed by atoms with E-state index in [1.54, 1.807) is 0 Å². The molecule has 0 atom stereocenters. The maximum atomic E-state index is 13.7. The summed E-state index contributed by atoms with van der Waals surface area (Å²) in [6.45, 7) is 1.98. The van der Waals surface area contributed by atoms with E-state index in [1.807, 2.05) is 25.1 Å². The van der Waals surface area contributed by atoms with Crippen molar-refractivity contribution in [1.29, 1.82) is 0 Å². The highest BCUT2D eigenvalue weighted by Crippen LogP contribution is 2.31. The zero-order valence-corrected chi connectivity index (χ0v) is 16.5. The molecule has 1 saturated carbocycles. The minimum atomic E-state index is -0.852. The summed E-state index contributed by atoms with van der Waals surface area (Å²) < 4.78 is 14.8. The molecule has 0 unspecified atom stereocenters. The van der Waals surface area contributed by atoms with Gasteiger partial charge in [0, 0.05) is 9.26 Å². The lowest BCUT2D eigenvalue weighted by Crippen LogP contribution is -2.44. The molecular weight excluding hydrogens is 450 g/mol. The first-order valence-corrected chi connectivity index (χ1v) is 9.41. The van der Waals surface area contributed by atoms with E-state index in [0.717, 1.165) is 21.2 Å². The average molecular weight is 470 g/mol.